The second-order valence-electron chi connectivity index (χ2n) is 6.65. The molecule has 26 heavy (non-hydrogen) atoms. The zero-order chi connectivity index (χ0) is 18.5. The van der Waals surface area contributed by atoms with Crippen LogP contribution >= 0.6 is 0 Å². The van der Waals surface area contributed by atoms with E-state index in [9.17, 15) is 4.79 Å². The Morgan fingerprint density at radius 1 is 1.00 bits per heavy atom. The molecular formula is C23H25NO2. The van der Waals surface area contributed by atoms with E-state index in [2.05, 4.69) is 49.5 Å². The predicted octanol–water partition coefficient (Wildman–Crippen LogP) is 5.18. The molecule has 0 unspecified atom stereocenters. The highest BCUT2D eigenvalue weighted by Crippen LogP contribution is 2.22. The highest BCUT2D eigenvalue weighted by atomic mass is 16.5. The molecule has 0 aliphatic carbocycles. The van der Waals surface area contributed by atoms with E-state index in [1.807, 2.05) is 36.4 Å². The maximum Gasteiger partial charge on any atom is 0.261 e. The van der Waals surface area contributed by atoms with Gasteiger partial charge in [-0.3, -0.25) is 4.79 Å². The van der Waals surface area contributed by atoms with Crippen LogP contribution in [0.3, 0.4) is 0 Å². The van der Waals surface area contributed by atoms with Crippen molar-refractivity contribution in [2.24, 2.45) is 0 Å². The van der Waals surface area contributed by atoms with Crippen molar-refractivity contribution < 1.29 is 9.53 Å². The SMILES string of the molecule is CC[C@@H](NC(=O)[C@H](C)Oc1ccc2ccccc2c1)c1ccc(C)cc1. The van der Waals surface area contributed by atoms with Crippen molar-refractivity contribution in [2.75, 3.05) is 0 Å². The topological polar surface area (TPSA) is 38.3 Å². The van der Waals surface area contributed by atoms with Crippen LogP contribution in [0.25, 0.3) is 10.8 Å². The van der Waals surface area contributed by atoms with Gasteiger partial charge in [0.2, 0.25) is 0 Å². The Bertz CT molecular complexity index is 886. The molecule has 0 saturated carbocycles. The largest absolute Gasteiger partial charge is 0.481 e. The molecule has 0 fully saturated rings. The zero-order valence-electron chi connectivity index (χ0n) is 15.5. The zero-order valence-corrected chi connectivity index (χ0v) is 15.5. The quantitative estimate of drug-likeness (QED) is 0.667. The van der Waals surface area contributed by atoms with E-state index in [-0.39, 0.29) is 11.9 Å². The van der Waals surface area contributed by atoms with Crippen LogP contribution < -0.4 is 10.1 Å². The smallest absolute Gasteiger partial charge is 0.261 e. The molecule has 134 valence electrons. The minimum Gasteiger partial charge on any atom is -0.481 e. The summed E-state index contributed by atoms with van der Waals surface area (Å²) in [7, 11) is 0. The van der Waals surface area contributed by atoms with Crippen molar-refractivity contribution in [1.29, 1.82) is 0 Å². The summed E-state index contributed by atoms with van der Waals surface area (Å²) in [6.45, 7) is 5.91. The average molecular weight is 347 g/mol. The monoisotopic (exact) mass is 347 g/mol. The van der Waals surface area contributed by atoms with Gasteiger partial charge in [-0.2, -0.15) is 0 Å². The van der Waals surface area contributed by atoms with Crippen molar-refractivity contribution in [2.45, 2.75) is 39.3 Å². The average Bonchev–Trinajstić information content (AvgIpc) is 2.66. The molecule has 0 aromatic heterocycles. The van der Waals surface area contributed by atoms with E-state index in [0.29, 0.717) is 5.75 Å². The van der Waals surface area contributed by atoms with Gasteiger partial charge in [0.25, 0.3) is 5.91 Å². The molecule has 3 heteroatoms. The first-order valence-corrected chi connectivity index (χ1v) is 9.09. The number of aryl methyl sites for hydroxylation is 1. The van der Waals surface area contributed by atoms with Gasteiger partial charge in [-0.05, 0) is 48.7 Å². The molecule has 0 aliphatic heterocycles. The number of nitrogens with one attached hydrogen (secondary N) is 1. The Morgan fingerprint density at radius 3 is 2.38 bits per heavy atom. The third kappa shape index (κ3) is 4.23. The van der Waals surface area contributed by atoms with Gasteiger partial charge in [-0.25, -0.2) is 0 Å². The molecule has 0 spiro atoms. The Kier molecular flexibility index (Phi) is 5.57. The minimum absolute atomic E-state index is 0.00856. The molecule has 2 atom stereocenters. The van der Waals surface area contributed by atoms with Gasteiger partial charge in [0.1, 0.15) is 5.75 Å². The van der Waals surface area contributed by atoms with Gasteiger partial charge in [0.15, 0.2) is 6.10 Å². The number of carbonyl (C=O) groups excluding carboxylic acids is 1. The van der Waals surface area contributed by atoms with Crippen molar-refractivity contribution >= 4 is 16.7 Å². The second-order valence-corrected chi connectivity index (χ2v) is 6.65. The third-order valence-corrected chi connectivity index (χ3v) is 4.61. The first-order valence-electron chi connectivity index (χ1n) is 9.09. The molecule has 0 bridgehead atoms. The number of carbonyl (C=O) groups is 1. The van der Waals surface area contributed by atoms with Crippen LogP contribution in [0.4, 0.5) is 0 Å². The summed E-state index contributed by atoms with van der Waals surface area (Å²) in [5.74, 6) is 0.598. The molecule has 1 amide bonds. The van der Waals surface area contributed by atoms with E-state index >= 15 is 0 Å². The lowest BCUT2D eigenvalue weighted by Crippen LogP contribution is -2.38. The molecular weight excluding hydrogens is 322 g/mol. The van der Waals surface area contributed by atoms with Gasteiger partial charge in [0, 0.05) is 0 Å². The van der Waals surface area contributed by atoms with Gasteiger partial charge in [-0.1, -0.05) is 67.1 Å². The summed E-state index contributed by atoms with van der Waals surface area (Å²) in [6.07, 6.45) is 0.271. The maximum atomic E-state index is 12.6. The first-order chi connectivity index (χ1) is 12.6. The summed E-state index contributed by atoms with van der Waals surface area (Å²) in [5.41, 5.74) is 2.33. The summed E-state index contributed by atoms with van der Waals surface area (Å²) in [4.78, 5) is 12.6. The molecule has 1 N–H and O–H groups in total. The fraction of sp³-hybridized carbons (Fsp3) is 0.261. The van der Waals surface area contributed by atoms with E-state index in [1.165, 1.54) is 5.56 Å². The second kappa shape index (κ2) is 8.05. The summed E-state index contributed by atoms with van der Waals surface area (Å²) in [5, 5.41) is 5.35. The van der Waals surface area contributed by atoms with Gasteiger partial charge in [-0.15, -0.1) is 0 Å². The summed E-state index contributed by atoms with van der Waals surface area (Å²) >= 11 is 0. The predicted molar refractivity (Wildman–Crippen MR) is 106 cm³/mol. The molecule has 0 saturated heterocycles. The van der Waals surface area contributed by atoms with Crippen LogP contribution in [-0.2, 0) is 4.79 Å². The number of hydrogen-bond acceptors (Lipinski definition) is 2. The maximum absolute atomic E-state index is 12.6. The molecule has 0 heterocycles. The molecule has 3 aromatic rings. The standard InChI is InChI=1S/C23H25NO2/c1-4-22(19-11-9-16(2)10-12-19)24-23(25)17(3)26-21-14-13-18-7-5-6-8-20(18)15-21/h5-15,17,22H,4H2,1-3H3,(H,24,25)/t17-,22+/m0/s1. The summed E-state index contributed by atoms with van der Waals surface area (Å²) < 4.78 is 5.87. The fourth-order valence-corrected chi connectivity index (χ4v) is 3.01. The van der Waals surface area contributed by atoms with Crippen molar-refractivity contribution in [3.63, 3.8) is 0 Å². The van der Waals surface area contributed by atoms with Gasteiger partial charge < -0.3 is 10.1 Å². The third-order valence-electron chi connectivity index (χ3n) is 4.61. The number of hydrogen-bond donors (Lipinski definition) is 1. The summed E-state index contributed by atoms with van der Waals surface area (Å²) in [6, 6.07) is 22.3. The van der Waals surface area contributed by atoms with Crippen LogP contribution in [-0.4, -0.2) is 12.0 Å². The molecule has 3 rings (SSSR count). The lowest BCUT2D eigenvalue weighted by Gasteiger charge is -2.21. The number of benzene rings is 3. The van der Waals surface area contributed by atoms with Gasteiger partial charge in [0.05, 0.1) is 6.04 Å². The highest BCUT2D eigenvalue weighted by Gasteiger charge is 2.19. The fourth-order valence-electron chi connectivity index (χ4n) is 3.01. The van der Waals surface area contributed by atoms with E-state index < -0.39 is 6.10 Å². The molecule has 0 radical (unpaired) electrons. The van der Waals surface area contributed by atoms with E-state index in [1.54, 1.807) is 6.92 Å². The number of rotatable bonds is 6. The van der Waals surface area contributed by atoms with Crippen LogP contribution in [0.2, 0.25) is 0 Å². The Hall–Kier alpha value is -2.81. The Balaban J connectivity index is 1.66. The molecule has 0 aliphatic rings. The van der Waals surface area contributed by atoms with Gasteiger partial charge >= 0.3 is 0 Å². The highest BCUT2D eigenvalue weighted by molar-refractivity contribution is 5.84. The van der Waals surface area contributed by atoms with Crippen molar-refractivity contribution in [3.8, 4) is 5.75 Å². The van der Waals surface area contributed by atoms with Crippen LogP contribution in [0.1, 0.15) is 37.4 Å². The van der Waals surface area contributed by atoms with E-state index in [0.717, 1.165) is 22.8 Å². The molecule has 3 aromatic carbocycles. The molecule has 3 nitrogen and oxygen atoms in total. The number of ether oxygens (including phenoxy) is 1. The van der Waals surface area contributed by atoms with Crippen LogP contribution in [0.5, 0.6) is 5.75 Å². The number of amides is 1. The van der Waals surface area contributed by atoms with Crippen LogP contribution in [0.15, 0.2) is 66.7 Å². The number of fused-ring (bicyclic) bond motifs is 1. The normalized spacial score (nSPS) is 13.2. The van der Waals surface area contributed by atoms with Crippen molar-refractivity contribution in [1.82, 2.24) is 5.32 Å². The first kappa shape index (κ1) is 18.0. The minimum atomic E-state index is -0.560. The van der Waals surface area contributed by atoms with Crippen molar-refractivity contribution in [3.05, 3.63) is 77.9 Å². The lowest BCUT2D eigenvalue weighted by molar-refractivity contribution is -0.128. The Labute approximate surface area is 155 Å². The Morgan fingerprint density at radius 2 is 1.69 bits per heavy atom. The lowest BCUT2D eigenvalue weighted by atomic mass is 10.0. The van der Waals surface area contributed by atoms with E-state index in [4.69, 9.17) is 4.74 Å². The van der Waals surface area contributed by atoms with Crippen LogP contribution in [0, 0.1) is 6.92 Å².